The van der Waals surface area contributed by atoms with Gasteiger partial charge in [0.05, 0.1) is 24.7 Å². The van der Waals surface area contributed by atoms with Gasteiger partial charge in [0.15, 0.2) is 11.2 Å². The van der Waals surface area contributed by atoms with Gasteiger partial charge in [0.25, 0.3) is 0 Å². The number of hydrogen-bond acceptors (Lipinski definition) is 11. The van der Waals surface area contributed by atoms with Crippen LogP contribution >= 0.6 is 0 Å². The third-order valence-corrected chi connectivity index (χ3v) is 6.68. The predicted molar refractivity (Wildman–Crippen MR) is 111 cm³/mol. The van der Waals surface area contributed by atoms with Crippen molar-refractivity contribution in [1.82, 2.24) is 0 Å². The molecule has 3 aliphatic heterocycles. The van der Waals surface area contributed by atoms with Crippen molar-refractivity contribution in [1.29, 1.82) is 0 Å². The van der Waals surface area contributed by atoms with Gasteiger partial charge in [-0.15, -0.1) is 0 Å². The largest absolute Gasteiger partial charge is 0.466 e. The van der Waals surface area contributed by atoms with Crippen LogP contribution in [0, 0.1) is 5.92 Å². The molecule has 8 atom stereocenters. The summed E-state index contributed by atoms with van der Waals surface area (Å²) in [6.07, 6.45) is -1.16. The van der Waals surface area contributed by atoms with Crippen LogP contribution in [0.25, 0.3) is 0 Å². The molecular weight excluding hydrogens is 452 g/mol. The van der Waals surface area contributed by atoms with Crippen LogP contribution in [0.15, 0.2) is 36.0 Å². The Morgan fingerprint density at radius 1 is 1.26 bits per heavy atom. The Hall–Kier alpha value is -3.02. The zero-order valence-electron chi connectivity index (χ0n) is 19.1. The minimum atomic E-state index is -1.70. The number of carbonyl (C=O) groups excluding carboxylic acids is 4. The molecule has 3 saturated heterocycles. The molecule has 0 aromatic heterocycles. The SMILES string of the molecule is C=C1C(=O)O[C@H]2[C@H]1[C@H](OC(=O)[C@]1(C)O[C@@H]1C)[C@H](O)/C(C(=O)OC)=C/C=C\[C@@]1(COC(C)=O)O[C@@H]21. The lowest BCUT2D eigenvalue weighted by atomic mass is 9.81. The Balaban J connectivity index is 1.77. The quantitative estimate of drug-likeness (QED) is 0.244. The first-order valence-corrected chi connectivity index (χ1v) is 10.7. The van der Waals surface area contributed by atoms with Crippen molar-refractivity contribution in [2.24, 2.45) is 5.92 Å². The number of aliphatic hydroxyl groups is 1. The third-order valence-electron chi connectivity index (χ3n) is 6.68. The van der Waals surface area contributed by atoms with Crippen LogP contribution in [0.1, 0.15) is 20.8 Å². The highest BCUT2D eigenvalue weighted by molar-refractivity contribution is 5.93. The van der Waals surface area contributed by atoms with Crippen LogP contribution in [-0.2, 0) is 47.6 Å². The lowest BCUT2D eigenvalue weighted by Gasteiger charge is -2.31. The average molecular weight is 478 g/mol. The van der Waals surface area contributed by atoms with Crippen LogP contribution in [0.2, 0.25) is 0 Å². The average Bonchev–Trinajstić information content (AvgIpc) is 3.64. The topological polar surface area (TPSA) is 150 Å². The molecule has 0 amide bonds. The summed E-state index contributed by atoms with van der Waals surface area (Å²) in [5, 5.41) is 11.2. The third kappa shape index (κ3) is 3.93. The standard InChI is InChI=1S/C23H26O11/c1-10-14-16(32-21(28)22(4)11(2)33-22)15(25)13(20(27)29-5)7-6-8-23(9-30-12(3)24)18(34-23)17(14)31-19(10)26/h6-8,11,14-18,25H,1,9H2,2-5H3/b8-6-,13-7-/t11-,14-,15-,16+,17+,18+,22-,23+/m1/s1. The summed E-state index contributed by atoms with van der Waals surface area (Å²) >= 11 is 0. The highest BCUT2D eigenvalue weighted by atomic mass is 16.7. The minimum Gasteiger partial charge on any atom is -0.466 e. The molecule has 3 heterocycles. The Morgan fingerprint density at radius 2 is 1.94 bits per heavy atom. The first-order valence-electron chi connectivity index (χ1n) is 10.7. The van der Waals surface area contributed by atoms with Gasteiger partial charge in [-0.1, -0.05) is 12.7 Å². The fourth-order valence-corrected chi connectivity index (χ4v) is 4.32. The van der Waals surface area contributed by atoms with E-state index in [1.807, 2.05) is 0 Å². The Bertz CT molecular complexity index is 1010. The van der Waals surface area contributed by atoms with Crippen LogP contribution < -0.4 is 0 Å². The second kappa shape index (κ2) is 8.33. The molecule has 184 valence electrons. The van der Waals surface area contributed by atoms with Gasteiger partial charge >= 0.3 is 23.9 Å². The number of carbonyl (C=O) groups is 4. The predicted octanol–water partition coefficient (Wildman–Crippen LogP) is -0.0958. The smallest absolute Gasteiger partial charge is 0.341 e. The van der Waals surface area contributed by atoms with Crippen molar-refractivity contribution in [2.75, 3.05) is 13.7 Å². The van der Waals surface area contributed by atoms with Gasteiger partial charge in [0.1, 0.15) is 31.0 Å². The zero-order valence-corrected chi connectivity index (χ0v) is 19.1. The van der Waals surface area contributed by atoms with Crippen molar-refractivity contribution in [3.05, 3.63) is 36.0 Å². The van der Waals surface area contributed by atoms with Crippen LogP contribution in [-0.4, -0.2) is 84.4 Å². The van der Waals surface area contributed by atoms with E-state index in [0.29, 0.717) is 0 Å². The molecule has 4 aliphatic rings. The van der Waals surface area contributed by atoms with Crippen molar-refractivity contribution in [2.45, 2.75) is 62.5 Å². The number of hydrogen-bond donors (Lipinski definition) is 1. The van der Waals surface area contributed by atoms with E-state index in [0.717, 1.165) is 7.11 Å². The number of methoxy groups -OCH3 is 1. The molecule has 0 unspecified atom stereocenters. The summed E-state index contributed by atoms with van der Waals surface area (Å²) < 4.78 is 32.2. The molecule has 11 heteroatoms. The van der Waals surface area contributed by atoms with Gasteiger partial charge in [-0.25, -0.2) is 14.4 Å². The molecule has 0 aromatic rings. The molecule has 0 radical (unpaired) electrons. The van der Waals surface area contributed by atoms with Gasteiger partial charge < -0.3 is 33.5 Å². The fraction of sp³-hybridized carbons (Fsp3) is 0.565. The van der Waals surface area contributed by atoms with E-state index in [1.54, 1.807) is 6.92 Å². The van der Waals surface area contributed by atoms with Crippen molar-refractivity contribution >= 4 is 23.9 Å². The second-order valence-electron chi connectivity index (χ2n) is 8.85. The molecule has 4 rings (SSSR count). The van der Waals surface area contributed by atoms with E-state index in [2.05, 4.69) is 6.58 Å². The normalized spacial score (nSPS) is 42.7. The maximum atomic E-state index is 12.9. The van der Waals surface area contributed by atoms with Gasteiger partial charge in [0.2, 0.25) is 0 Å². The molecule has 0 spiro atoms. The second-order valence-corrected chi connectivity index (χ2v) is 8.85. The first kappa shape index (κ1) is 24.1. The Morgan fingerprint density at radius 3 is 2.53 bits per heavy atom. The molecule has 34 heavy (non-hydrogen) atoms. The molecule has 0 aromatic carbocycles. The molecule has 11 nitrogen and oxygen atoms in total. The molecular formula is C23H26O11. The number of aliphatic hydroxyl groups excluding tert-OH is 1. The summed E-state index contributed by atoms with van der Waals surface area (Å²) in [6, 6.07) is 0. The highest BCUT2D eigenvalue weighted by Gasteiger charge is 2.67. The molecule has 0 saturated carbocycles. The van der Waals surface area contributed by atoms with Crippen LogP contribution in [0.5, 0.6) is 0 Å². The van der Waals surface area contributed by atoms with E-state index in [9.17, 15) is 24.3 Å². The van der Waals surface area contributed by atoms with Crippen LogP contribution in [0.4, 0.5) is 0 Å². The minimum absolute atomic E-state index is 0.0672. The molecule has 1 N–H and O–H groups in total. The lowest BCUT2D eigenvalue weighted by molar-refractivity contribution is -0.166. The maximum absolute atomic E-state index is 12.9. The zero-order chi connectivity index (χ0) is 25.0. The lowest BCUT2D eigenvalue weighted by Crippen LogP contribution is -2.48. The van der Waals surface area contributed by atoms with Gasteiger partial charge in [-0.3, -0.25) is 4.79 Å². The van der Waals surface area contributed by atoms with Crippen molar-refractivity contribution in [3.63, 3.8) is 0 Å². The van der Waals surface area contributed by atoms with Gasteiger partial charge in [0, 0.05) is 12.5 Å². The maximum Gasteiger partial charge on any atom is 0.341 e. The fourth-order valence-electron chi connectivity index (χ4n) is 4.32. The summed E-state index contributed by atoms with van der Waals surface area (Å²) in [4.78, 5) is 49.3. The van der Waals surface area contributed by atoms with Crippen molar-refractivity contribution in [3.8, 4) is 0 Å². The number of ether oxygens (including phenoxy) is 6. The van der Waals surface area contributed by atoms with Crippen LogP contribution in [0.3, 0.4) is 0 Å². The number of rotatable bonds is 5. The summed E-state index contributed by atoms with van der Waals surface area (Å²) in [6.45, 7) is 8.03. The Kier molecular flexibility index (Phi) is 5.91. The van der Waals surface area contributed by atoms with Gasteiger partial charge in [-0.2, -0.15) is 0 Å². The summed E-state index contributed by atoms with van der Waals surface area (Å²) in [5.74, 6) is -4.05. The van der Waals surface area contributed by atoms with E-state index in [4.69, 9.17) is 28.4 Å². The number of fused-ring (bicyclic) bond motifs is 3. The first-order chi connectivity index (χ1) is 15.9. The van der Waals surface area contributed by atoms with Gasteiger partial charge in [-0.05, 0) is 26.0 Å². The summed E-state index contributed by atoms with van der Waals surface area (Å²) in [7, 11) is 1.13. The molecule has 1 aliphatic carbocycles. The van der Waals surface area contributed by atoms with Crippen molar-refractivity contribution < 1.29 is 52.7 Å². The Labute approximate surface area is 195 Å². The number of epoxide rings is 2. The number of allylic oxidation sites excluding steroid dienone is 2. The summed E-state index contributed by atoms with van der Waals surface area (Å²) in [5.41, 5.74) is -2.70. The van der Waals surface area contributed by atoms with E-state index in [1.165, 1.54) is 32.1 Å². The van der Waals surface area contributed by atoms with E-state index >= 15 is 0 Å². The molecule has 3 fully saturated rings. The monoisotopic (exact) mass is 478 g/mol. The van der Waals surface area contributed by atoms with E-state index < -0.39 is 71.5 Å². The van der Waals surface area contributed by atoms with E-state index in [-0.39, 0.29) is 17.8 Å². The highest BCUT2D eigenvalue weighted by Crippen LogP contribution is 2.50. The molecule has 0 bridgehead atoms. The number of esters is 4.